The average Bonchev–Trinajstić information content (AvgIpc) is 2.30. The molecule has 1 atom stereocenters. The lowest BCUT2D eigenvalue weighted by molar-refractivity contribution is -0.162. The lowest BCUT2D eigenvalue weighted by Gasteiger charge is -2.22. The Morgan fingerprint density at radius 1 is 1.53 bits per heavy atom. The molecule has 0 aromatic heterocycles. The minimum atomic E-state index is -2.04. The third-order valence-electron chi connectivity index (χ3n) is 2.74. The van der Waals surface area contributed by atoms with Gasteiger partial charge in [-0.05, 0) is 26.2 Å². The lowest BCUT2D eigenvalue weighted by atomic mass is 10.1. The number of rotatable bonds is 3. The summed E-state index contributed by atoms with van der Waals surface area (Å²) in [5, 5.41) is 20.7. The van der Waals surface area contributed by atoms with Gasteiger partial charge < -0.3 is 20.4 Å². The molecular formula is C11H20N2O4. The molecule has 1 fully saturated rings. The van der Waals surface area contributed by atoms with Gasteiger partial charge in [0.05, 0.1) is 6.42 Å². The Morgan fingerprint density at radius 2 is 2.18 bits per heavy atom. The van der Waals surface area contributed by atoms with Crippen molar-refractivity contribution in [1.82, 2.24) is 10.2 Å². The van der Waals surface area contributed by atoms with E-state index in [0.29, 0.717) is 13.0 Å². The SMILES string of the molecule is CN1CCCCC(NC(=O)CC(C)(O)O)C1=O. The van der Waals surface area contributed by atoms with Gasteiger partial charge >= 0.3 is 0 Å². The number of hydrogen-bond acceptors (Lipinski definition) is 4. The number of nitrogens with zero attached hydrogens (tertiary/aromatic N) is 1. The van der Waals surface area contributed by atoms with E-state index in [2.05, 4.69) is 5.32 Å². The molecule has 1 unspecified atom stereocenters. The normalized spacial score (nSPS) is 22.2. The van der Waals surface area contributed by atoms with Crippen LogP contribution in [0.25, 0.3) is 0 Å². The van der Waals surface area contributed by atoms with Crippen molar-refractivity contribution in [2.45, 2.75) is 44.4 Å². The van der Waals surface area contributed by atoms with E-state index in [1.54, 1.807) is 11.9 Å². The van der Waals surface area contributed by atoms with Crippen molar-refractivity contribution in [1.29, 1.82) is 0 Å². The Hall–Kier alpha value is -1.14. The van der Waals surface area contributed by atoms with Crippen LogP contribution in [0.2, 0.25) is 0 Å². The van der Waals surface area contributed by atoms with Gasteiger partial charge in [-0.1, -0.05) is 0 Å². The first-order valence-corrected chi connectivity index (χ1v) is 5.79. The molecule has 0 spiro atoms. The fraction of sp³-hybridized carbons (Fsp3) is 0.818. The van der Waals surface area contributed by atoms with Gasteiger partial charge in [0.2, 0.25) is 11.8 Å². The highest BCUT2D eigenvalue weighted by atomic mass is 16.5. The number of amides is 2. The standard InChI is InChI=1S/C11H20N2O4/c1-11(16,17)7-9(14)12-8-5-3-4-6-13(2)10(8)15/h8,16-17H,3-7H2,1-2H3,(H,12,14). The van der Waals surface area contributed by atoms with Crippen molar-refractivity contribution in [3.05, 3.63) is 0 Å². The van der Waals surface area contributed by atoms with Crippen LogP contribution in [0.4, 0.5) is 0 Å². The number of likely N-dealkylation sites (N-methyl/N-ethyl adjacent to an activating group) is 1. The third kappa shape index (κ3) is 4.70. The smallest absolute Gasteiger partial charge is 0.244 e. The highest BCUT2D eigenvalue weighted by Gasteiger charge is 2.28. The summed E-state index contributed by atoms with van der Waals surface area (Å²) in [7, 11) is 1.70. The van der Waals surface area contributed by atoms with E-state index in [0.717, 1.165) is 19.8 Å². The molecule has 0 saturated carbocycles. The summed E-state index contributed by atoms with van der Waals surface area (Å²) in [6.07, 6.45) is 1.96. The highest BCUT2D eigenvalue weighted by molar-refractivity contribution is 5.87. The van der Waals surface area contributed by atoms with Crippen molar-refractivity contribution < 1.29 is 19.8 Å². The highest BCUT2D eigenvalue weighted by Crippen LogP contribution is 2.11. The van der Waals surface area contributed by atoms with Crippen LogP contribution in [-0.4, -0.2) is 52.3 Å². The largest absolute Gasteiger partial charge is 0.365 e. The van der Waals surface area contributed by atoms with E-state index < -0.39 is 24.2 Å². The van der Waals surface area contributed by atoms with E-state index in [-0.39, 0.29) is 5.91 Å². The second kappa shape index (κ2) is 5.46. The Balaban J connectivity index is 2.54. The Kier molecular flexibility index (Phi) is 4.47. The quantitative estimate of drug-likeness (QED) is 0.567. The van der Waals surface area contributed by atoms with Crippen LogP contribution in [0.15, 0.2) is 0 Å². The van der Waals surface area contributed by atoms with Gasteiger partial charge in [-0.2, -0.15) is 0 Å². The van der Waals surface area contributed by atoms with Gasteiger partial charge in [0.1, 0.15) is 6.04 Å². The molecule has 0 bridgehead atoms. The molecule has 6 heteroatoms. The third-order valence-corrected chi connectivity index (χ3v) is 2.74. The average molecular weight is 244 g/mol. The maximum absolute atomic E-state index is 11.8. The molecule has 0 aromatic rings. The zero-order valence-corrected chi connectivity index (χ0v) is 10.3. The van der Waals surface area contributed by atoms with E-state index in [9.17, 15) is 9.59 Å². The zero-order chi connectivity index (χ0) is 13.1. The molecule has 1 aliphatic heterocycles. The van der Waals surface area contributed by atoms with Crippen molar-refractivity contribution in [3.8, 4) is 0 Å². The second-order valence-corrected chi connectivity index (χ2v) is 4.77. The number of hydrogen-bond donors (Lipinski definition) is 3. The lowest BCUT2D eigenvalue weighted by Crippen LogP contribution is -2.47. The summed E-state index contributed by atoms with van der Waals surface area (Å²) < 4.78 is 0. The zero-order valence-electron chi connectivity index (χ0n) is 10.3. The molecule has 0 aromatic carbocycles. The van der Waals surface area contributed by atoms with Crippen LogP contribution >= 0.6 is 0 Å². The molecular weight excluding hydrogens is 224 g/mol. The van der Waals surface area contributed by atoms with Gasteiger partial charge in [0.15, 0.2) is 5.79 Å². The summed E-state index contributed by atoms with van der Waals surface area (Å²) in [6, 6.07) is -0.544. The molecule has 17 heavy (non-hydrogen) atoms. The van der Waals surface area contributed by atoms with Crippen molar-refractivity contribution in [3.63, 3.8) is 0 Å². The number of likely N-dealkylation sites (tertiary alicyclic amines) is 1. The Bertz CT molecular complexity index is 298. The van der Waals surface area contributed by atoms with Crippen LogP contribution in [0, 0.1) is 0 Å². The molecule has 3 N–H and O–H groups in total. The van der Waals surface area contributed by atoms with Crippen LogP contribution in [0.3, 0.4) is 0 Å². The van der Waals surface area contributed by atoms with E-state index in [1.165, 1.54) is 0 Å². The molecule has 1 rings (SSSR count). The van der Waals surface area contributed by atoms with Crippen molar-refractivity contribution >= 4 is 11.8 Å². The minimum Gasteiger partial charge on any atom is -0.365 e. The number of aliphatic hydroxyl groups is 2. The summed E-state index contributed by atoms with van der Waals surface area (Å²) >= 11 is 0. The molecule has 2 amide bonds. The van der Waals surface area contributed by atoms with Gasteiger partial charge in [0, 0.05) is 13.6 Å². The Morgan fingerprint density at radius 3 is 2.76 bits per heavy atom. The van der Waals surface area contributed by atoms with Gasteiger partial charge in [-0.3, -0.25) is 9.59 Å². The molecule has 1 heterocycles. The van der Waals surface area contributed by atoms with Gasteiger partial charge in [-0.15, -0.1) is 0 Å². The van der Waals surface area contributed by atoms with E-state index in [4.69, 9.17) is 10.2 Å². The summed E-state index contributed by atoms with van der Waals surface area (Å²) in [6.45, 7) is 1.83. The van der Waals surface area contributed by atoms with Gasteiger partial charge in [0.25, 0.3) is 0 Å². The second-order valence-electron chi connectivity index (χ2n) is 4.77. The topological polar surface area (TPSA) is 89.9 Å². The van der Waals surface area contributed by atoms with Crippen molar-refractivity contribution in [2.75, 3.05) is 13.6 Å². The minimum absolute atomic E-state index is 0.117. The van der Waals surface area contributed by atoms with Gasteiger partial charge in [-0.25, -0.2) is 0 Å². The van der Waals surface area contributed by atoms with Crippen LogP contribution in [0.5, 0.6) is 0 Å². The van der Waals surface area contributed by atoms with Crippen LogP contribution < -0.4 is 5.32 Å². The summed E-state index contributed by atoms with van der Waals surface area (Å²) in [4.78, 5) is 24.9. The number of carbonyl (C=O) groups is 2. The molecule has 1 aliphatic rings. The Labute approximate surface area is 101 Å². The summed E-state index contributed by atoms with van der Waals surface area (Å²) in [5.41, 5.74) is 0. The van der Waals surface area contributed by atoms with Crippen molar-refractivity contribution in [2.24, 2.45) is 0 Å². The van der Waals surface area contributed by atoms with Crippen LogP contribution in [0.1, 0.15) is 32.6 Å². The maximum atomic E-state index is 11.8. The first-order chi connectivity index (χ1) is 7.79. The first kappa shape index (κ1) is 13.9. The fourth-order valence-electron chi connectivity index (χ4n) is 1.88. The fourth-order valence-corrected chi connectivity index (χ4v) is 1.88. The van der Waals surface area contributed by atoms with E-state index >= 15 is 0 Å². The maximum Gasteiger partial charge on any atom is 0.244 e. The molecule has 0 aliphatic carbocycles. The molecule has 0 radical (unpaired) electrons. The number of nitrogens with one attached hydrogen (secondary N) is 1. The predicted molar refractivity (Wildman–Crippen MR) is 60.9 cm³/mol. The number of carbonyl (C=O) groups excluding carboxylic acids is 2. The molecule has 98 valence electrons. The monoisotopic (exact) mass is 244 g/mol. The summed E-state index contributed by atoms with van der Waals surface area (Å²) in [5.74, 6) is -2.68. The van der Waals surface area contributed by atoms with E-state index in [1.807, 2.05) is 0 Å². The predicted octanol–water partition coefficient (Wildman–Crippen LogP) is -0.796. The van der Waals surface area contributed by atoms with Crippen LogP contribution in [-0.2, 0) is 9.59 Å². The molecule has 1 saturated heterocycles. The first-order valence-electron chi connectivity index (χ1n) is 5.79. The molecule has 6 nitrogen and oxygen atoms in total.